The maximum Gasteiger partial charge on any atom is 0.221 e. The SMILES string of the molecule is COc1cccc(C(=O)C(F)C(=O)C(C)(C)C)c1OC. The fourth-order valence-corrected chi connectivity index (χ4v) is 1.72. The third-order valence-electron chi connectivity index (χ3n) is 2.87. The zero-order valence-corrected chi connectivity index (χ0v) is 12.3. The van der Waals surface area contributed by atoms with E-state index in [0.29, 0.717) is 5.75 Å². The average Bonchev–Trinajstić information content (AvgIpc) is 2.42. The molecule has 0 radical (unpaired) electrons. The zero-order chi connectivity index (χ0) is 15.5. The zero-order valence-electron chi connectivity index (χ0n) is 12.3. The van der Waals surface area contributed by atoms with E-state index in [1.165, 1.54) is 20.3 Å². The molecule has 0 aromatic heterocycles. The number of carbonyl (C=O) groups is 2. The second kappa shape index (κ2) is 6.03. The van der Waals surface area contributed by atoms with Crippen LogP contribution >= 0.6 is 0 Å². The predicted molar refractivity (Wildman–Crippen MR) is 73.2 cm³/mol. The number of para-hydroxylation sites is 1. The Kier molecular flexibility index (Phi) is 4.87. The summed E-state index contributed by atoms with van der Waals surface area (Å²) in [7, 11) is 2.77. The van der Waals surface area contributed by atoms with E-state index < -0.39 is 23.2 Å². The van der Waals surface area contributed by atoms with E-state index in [2.05, 4.69) is 0 Å². The smallest absolute Gasteiger partial charge is 0.221 e. The van der Waals surface area contributed by atoms with Crippen LogP contribution in [0.5, 0.6) is 11.5 Å². The Bertz CT molecular complexity index is 517. The number of ether oxygens (including phenoxy) is 2. The predicted octanol–water partition coefficient (Wildman–Crippen LogP) is 2.84. The van der Waals surface area contributed by atoms with Gasteiger partial charge in [0.15, 0.2) is 17.3 Å². The first kappa shape index (κ1) is 16.1. The molecule has 0 N–H and O–H groups in total. The van der Waals surface area contributed by atoms with Crippen molar-refractivity contribution in [1.82, 2.24) is 0 Å². The van der Waals surface area contributed by atoms with E-state index in [9.17, 15) is 14.0 Å². The Morgan fingerprint density at radius 3 is 2.20 bits per heavy atom. The summed E-state index contributed by atoms with van der Waals surface area (Å²) in [5.41, 5.74) is -0.932. The number of carbonyl (C=O) groups excluding carboxylic acids is 2. The third kappa shape index (κ3) is 3.15. The van der Waals surface area contributed by atoms with E-state index in [0.717, 1.165) is 0 Å². The van der Waals surface area contributed by atoms with Crippen molar-refractivity contribution < 1.29 is 23.5 Å². The number of benzene rings is 1. The molecule has 1 unspecified atom stereocenters. The van der Waals surface area contributed by atoms with Gasteiger partial charge in [-0.15, -0.1) is 0 Å². The lowest BCUT2D eigenvalue weighted by atomic mass is 9.85. The first-order valence-corrected chi connectivity index (χ1v) is 6.17. The number of methoxy groups -OCH3 is 2. The maximum atomic E-state index is 14.1. The molecule has 0 saturated carbocycles. The molecule has 1 rings (SSSR count). The van der Waals surface area contributed by atoms with E-state index in [1.807, 2.05) is 0 Å². The van der Waals surface area contributed by atoms with E-state index in [1.54, 1.807) is 32.9 Å². The van der Waals surface area contributed by atoms with E-state index in [4.69, 9.17) is 9.47 Å². The van der Waals surface area contributed by atoms with Gasteiger partial charge in [0.25, 0.3) is 0 Å². The second-order valence-electron chi connectivity index (χ2n) is 5.38. The number of hydrogen-bond acceptors (Lipinski definition) is 4. The topological polar surface area (TPSA) is 52.6 Å². The highest BCUT2D eigenvalue weighted by Crippen LogP contribution is 2.32. The van der Waals surface area contributed by atoms with Gasteiger partial charge in [-0.1, -0.05) is 26.8 Å². The van der Waals surface area contributed by atoms with Gasteiger partial charge in [-0.3, -0.25) is 9.59 Å². The quantitative estimate of drug-likeness (QED) is 0.615. The number of rotatable bonds is 5. The number of Topliss-reactive ketones (excluding diaryl/α,β-unsaturated/α-hetero) is 2. The van der Waals surface area contributed by atoms with E-state index in [-0.39, 0.29) is 11.3 Å². The van der Waals surface area contributed by atoms with Crippen molar-refractivity contribution in [3.63, 3.8) is 0 Å². The van der Waals surface area contributed by atoms with Crippen molar-refractivity contribution in [2.24, 2.45) is 5.41 Å². The molecule has 0 amide bonds. The summed E-state index contributed by atoms with van der Waals surface area (Å²) in [6, 6.07) is 4.55. The van der Waals surface area contributed by atoms with Gasteiger partial charge in [-0.2, -0.15) is 0 Å². The molecule has 0 fully saturated rings. The van der Waals surface area contributed by atoms with Gasteiger partial charge in [0.05, 0.1) is 19.8 Å². The summed E-state index contributed by atoms with van der Waals surface area (Å²) in [6.07, 6.45) is -2.21. The number of halogens is 1. The Hall–Kier alpha value is -1.91. The highest BCUT2D eigenvalue weighted by Gasteiger charge is 2.36. The summed E-state index contributed by atoms with van der Waals surface area (Å²) in [6.45, 7) is 4.70. The van der Waals surface area contributed by atoms with Gasteiger partial charge in [-0.25, -0.2) is 4.39 Å². The van der Waals surface area contributed by atoms with Crippen LogP contribution in [-0.4, -0.2) is 32.0 Å². The van der Waals surface area contributed by atoms with Crippen LogP contribution < -0.4 is 9.47 Å². The molecule has 0 saturated heterocycles. The molecule has 0 aliphatic rings. The van der Waals surface area contributed by atoms with Crippen LogP contribution in [0.25, 0.3) is 0 Å². The summed E-state index contributed by atoms with van der Waals surface area (Å²) in [5, 5.41) is 0. The second-order valence-corrected chi connectivity index (χ2v) is 5.38. The molecule has 1 aromatic carbocycles. The van der Waals surface area contributed by atoms with Crippen LogP contribution in [0.4, 0.5) is 4.39 Å². The minimum atomic E-state index is -2.21. The van der Waals surface area contributed by atoms with Crippen LogP contribution in [0.3, 0.4) is 0 Å². The molecular weight excluding hydrogens is 263 g/mol. The minimum Gasteiger partial charge on any atom is -0.493 e. The molecule has 110 valence electrons. The van der Waals surface area contributed by atoms with Gasteiger partial charge in [0.1, 0.15) is 0 Å². The fourth-order valence-electron chi connectivity index (χ4n) is 1.72. The number of alkyl halides is 1. The standard InChI is InChI=1S/C15H19FO4/c1-15(2,3)14(18)11(16)12(17)9-7-6-8-10(19-4)13(9)20-5/h6-8,11H,1-5H3. The lowest BCUT2D eigenvalue weighted by Crippen LogP contribution is -2.35. The van der Waals surface area contributed by atoms with Crippen molar-refractivity contribution in [3.05, 3.63) is 23.8 Å². The largest absolute Gasteiger partial charge is 0.493 e. The van der Waals surface area contributed by atoms with Crippen molar-refractivity contribution in [1.29, 1.82) is 0 Å². The number of hydrogen-bond donors (Lipinski definition) is 0. The summed E-state index contributed by atoms with van der Waals surface area (Å²) in [4.78, 5) is 24.0. The van der Waals surface area contributed by atoms with Gasteiger partial charge in [0, 0.05) is 5.41 Å². The Morgan fingerprint density at radius 2 is 1.75 bits per heavy atom. The molecule has 0 spiro atoms. The Labute approximate surface area is 117 Å². The number of ketones is 2. The first-order valence-electron chi connectivity index (χ1n) is 6.17. The highest BCUT2D eigenvalue weighted by molar-refractivity contribution is 6.15. The molecule has 1 aromatic rings. The molecule has 20 heavy (non-hydrogen) atoms. The molecule has 1 atom stereocenters. The van der Waals surface area contributed by atoms with Gasteiger partial charge in [0.2, 0.25) is 12.0 Å². The molecule has 0 heterocycles. The molecule has 4 nitrogen and oxygen atoms in total. The Morgan fingerprint density at radius 1 is 1.15 bits per heavy atom. The minimum absolute atomic E-state index is 0.00282. The molecule has 0 bridgehead atoms. The van der Waals surface area contributed by atoms with Crippen LogP contribution in [0.1, 0.15) is 31.1 Å². The van der Waals surface area contributed by atoms with Crippen molar-refractivity contribution >= 4 is 11.6 Å². The van der Waals surface area contributed by atoms with Crippen molar-refractivity contribution in [2.75, 3.05) is 14.2 Å². The van der Waals surface area contributed by atoms with Gasteiger partial charge >= 0.3 is 0 Å². The molecule has 0 aliphatic carbocycles. The summed E-state index contributed by atoms with van der Waals surface area (Å²) < 4.78 is 24.3. The van der Waals surface area contributed by atoms with Crippen LogP contribution in [0.2, 0.25) is 0 Å². The fraction of sp³-hybridized carbons (Fsp3) is 0.467. The van der Waals surface area contributed by atoms with Gasteiger partial charge in [-0.05, 0) is 12.1 Å². The maximum absolute atomic E-state index is 14.1. The lowest BCUT2D eigenvalue weighted by molar-refractivity contribution is -0.129. The summed E-state index contributed by atoms with van der Waals surface area (Å²) in [5.74, 6) is -1.23. The first-order chi connectivity index (χ1) is 9.23. The van der Waals surface area contributed by atoms with Crippen LogP contribution in [0.15, 0.2) is 18.2 Å². The molecule has 5 heteroatoms. The van der Waals surface area contributed by atoms with Crippen molar-refractivity contribution in [3.8, 4) is 11.5 Å². The molecule has 0 aliphatic heterocycles. The third-order valence-corrected chi connectivity index (χ3v) is 2.87. The van der Waals surface area contributed by atoms with Crippen LogP contribution in [0, 0.1) is 5.41 Å². The average molecular weight is 282 g/mol. The Balaban J connectivity index is 3.19. The normalized spacial score (nSPS) is 12.7. The van der Waals surface area contributed by atoms with Gasteiger partial charge < -0.3 is 9.47 Å². The summed E-state index contributed by atoms with van der Waals surface area (Å²) >= 11 is 0. The highest BCUT2D eigenvalue weighted by atomic mass is 19.1. The molecular formula is C15H19FO4. The van der Waals surface area contributed by atoms with E-state index >= 15 is 0 Å². The van der Waals surface area contributed by atoms with Crippen molar-refractivity contribution in [2.45, 2.75) is 26.9 Å². The monoisotopic (exact) mass is 282 g/mol. The van der Waals surface area contributed by atoms with Crippen LogP contribution in [-0.2, 0) is 4.79 Å². The lowest BCUT2D eigenvalue weighted by Gasteiger charge is -2.19.